The van der Waals surface area contributed by atoms with E-state index in [4.69, 9.17) is 40.5 Å². The van der Waals surface area contributed by atoms with Gasteiger partial charge in [-0.15, -0.1) is 0 Å². The average molecular weight is 385 g/mol. The third kappa shape index (κ3) is 5.13. The highest BCUT2D eigenvalue weighted by Crippen LogP contribution is 2.31. The number of rotatable bonds is 4. The zero-order chi connectivity index (χ0) is 17.7. The number of aliphatic imine (C=N–C) groups is 1. The number of carbonyl (C=O) groups excluding carboxylic acids is 1. The first-order valence-electron chi connectivity index (χ1n) is 7.10. The van der Waals surface area contributed by atoms with Gasteiger partial charge in [0, 0.05) is 11.1 Å². The van der Waals surface area contributed by atoms with Crippen molar-refractivity contribution in [2.75, 3.05) is 0 Å². The molecule has 2 aromatic carbocycles. The monoisotopic (exact) mass is 383 g/mol. The maximum Gasteiger partial charge on any atom is 0.253 e. The molecule has 24 heavy (non-hydrogen) atoms. The lowest BCUT2D eigenvalue weighted by molar-refractivity contribution is 0.0939. The number of amidine groups is 1. The summed E-state index contributed by atoms with van der Waals surface area (Å²) in [5.41, 5.74) is 8.09. The molecule has 0 saturated heterocycles. The van der Waals surface area contributed by atoms with E-state index in [-0.39, 0.29) is 5.84 Å². The van der Waals surface area contributed by atoms with E-state index in [9.17, 15) is 4.79 Å². The van der Waals surface area contributed by atoms with Crippen molar-refractivity contribution in [3.8, 4) is 0 Å². The molecular formula is C17H16Cl3N3O. The number of amides is 1. The highest BCUT2D eigenvalue weighted by molar-refractivity contribution is 6.68. The number of hydrogen-bond acceptors (Lipinski definition) is 2. The summed E-state index contributed by atoms with van der Waals surface area (Å²) in [7, 11) is 0. The molecule has 4 nitrogen and oxygen atoms in total. The van der Waals surface area contributed by atoms with Crippen LogP contribution in [0.4, 0.5) is 0 Å². The Bertz CT molecular complexity index is 725. The van der Waals surface area contributed by atoms with E-state index in [2.05, 4.69) is 10.3 Å². The van der Waals surface area contributed by atoms with Crippen molar-refractivity contribution in [3.05, 3.63) is 71.3 Å². The Morgan fingerprint density at radius 1 is 1.04 bits per heavy atom. The van der Waals surface area contributed by atoms with Crippen LogP contribution in [-0.4, -0.2) is 21.7 Å². The molecule has 126 valence electrons. The molecule has 0 unspecified atom stereocenters. The lowest BCUT2D eigenvalue weighted by Gasteiger charge is -2.22. The van der Waals surface area contributed by atoms with Crippen LogP contribution in [0, 0.1) is 6.92 Å². The number of halogens is 3. The van der Waals surface area contributed by atoms with Crippen LogP contribution in [0.3, 0.4) is 0 Å². The van der Waals surface area contributed by atoms with Crippen LogP contribution >= 0.6 is 34.8 Å². The molecule has 0 bridgehead atoms. The minimum absolute atomic E-state index is 0.163. The number of hydrogen-bond donors (Lipinski definition) is 2. The Kier molecular flexibility index (Phi) is 6.10. The second-order valence-corrected chi connectivity index (χ2v) is 7.53. The first-order valence-corrected chi connectivity index (χ1v) is 8.23. The Balaban J connectivity index is 2.23. The van der Waals surface area contributed by atoms with Crippen molar-refractivity contribution in [1.82, 2.24) is 5.32 Å². The van der Waals surface area contributed by atoms with E-state index in [0.29, 0.717) is 11.1 Å². The zero-order valence-corrected chi connectivity index (χ0v) is 15.1. The fourth-order valence-electron chi connectivity index (χ4n) is 1.92. The second-order valence-electron chi connectivity index (χ2n) is 5.16. The summed E-state index contributed by atoms with van der Waals surface area (Å²) in [5, 5.41) is 2.59. The van der Waals surface area contributed by atoms with E-state index >= 15 is 0 Å². The van der Waals surface area contributed by atoms with Crippen LogP contribution in [-0.2, 0) is 0 Å². The summed E-state index contributed by atoms with van der Waals surface area (Å²) in [6, 6.07) is 16.0. The van der Waals surface area contributed by atoms with Crippen LogP contribution < -0.4 is 11.1 Å². The maximum atomic E-state index is 12.3. The number of alkyl halides is 3. The van der Waals surface area contributed by atoms with Crippen molar-refractivity contribution in [3.63, 3.8) is 0 Å². The van der Waals surface area contributed by atoms with Gasteiger partial charge < -0.3 is 11.1 Å². The quantitative estimate of drug-likeness (QED) is 0.478. The lowest BCUT2D eigenvalue weighted by Crippen LogP contribution is -2.43. The predicted molar refractivity (Wildman–Crippen MR) is 99.9 cm³/mol. The molecule has 0 aliphatic rings. The molecule has 0 aliphatic carbocycles. The second kappa shape index (κ2) is 7.88. The average Bonchev–Trinajstić information content (AvgIpc) is 2.54. The van der Waals surface area contributed by atoms with Gasteiger partial charge in [0.15, 0.2) is 6.17 Å². The highest BCUT2D eigenvalue weighted by Gasteiger charge is 2.34. The van der Waals surface area contributed by atoms with E-state index in [1.807, 2.05) is 37.3 Å². The molecule has 7 heteroatoms. The summed E-state index contributed by atoms with van der Waals surface area (Å²) in [6.07, 6.45) is -1.13. The van der Waals surface area contributed by atoms with Crippen LogP contribution in [0.15, 0.2) is 59.6 Å². The lowest BCUT2D eigenvalue weighted by atomic mass is 10.1. The van der Waals surface area contributed by atoms with Gasteiger partial charge in [-0.2, -0.15) is 0 Å². The van der Waals surface area contributed by atoms with Gasteiger partial charge in [0.25, 0.3) is 5.91 Å². The number of nitrogens with zero attached hydrogens (tertiary/aromatic N) is 1. The molecule has 0 heterocycles. The minimum Gasteiger partial charge on any atom is -0.383 e. The molecule has 2 rings (SSSR count). The van der Waals surface area contributed by atoms with Gasteiger partial charge in [0.2, 0.25) is 3.79 Å². The number of nitrogens with one attached hydrogen (secondary N) is 1. The Hall–Kier alpha value is -1.75. The van der Waals surface area contributed by atoms with Gasteiger partial charge in [-0.25, -0.2) is 4.99 Å². The summed E-state index contributed by atoms with van der Waals surface area (Å²) >= 11 is 17.8. The predicted octanol–water partition coefficient (Wildman–Crippen LogP) is 3.83. The van der Waals surface area contributed by atoms with Crippen LogP contribution in [0.2, 0.25) is 0 Å². The van der Waals surface area contributed by atoms with Crippen LogP contribution in [0.1, 0.15) is 21.5 Å². The highest BCUT2D eigenvalue weighted by atomic mass is 35.6. The Labute approximate surface area is 155 Å². The van der Waals surface area contributed by atoms with Crippen LogP contribution in [0.25, 0.3) is 0 Å². The van der Waals surface area contributed by atoms with Gasteiger partial charge in [-0.05, 0) is 19.1 Å². The van der Waals surface area contributed by atoms with Gasteiger partial charge in [-0.1, -0.05) is 82.8 Å². The first kappa shape index (κ1) is 18.6. The summed E-state index contributed by atoms with van der Waals surface area (Å²) in [5.74, 6) is -0.243. The molecule has 0 aliphatic heterocycles. The van der Waals surface area contributed by atoms with Gasteiger partial charge in [0.05, 0.1) is 0 Å². The van der Waals surface area contributed by atoms with E-state index < -0.39 is 15.9 Å². The molecule has 0 spiro atoms. The normalized spacial score (nSPS) is 13.4. The fourth-order valence-corrected chi connectivity index (χ4v) is 2.23. The standard InChI is InChI=1S/C17H16Cl3N3O/c1-11-7-9-13(10-8-11)15(24)23-16(17(18,19)20)22-14(21)12-5-3-2-4-6-12/h2-10,16H,1H3,(H2,21,22)(H,23,24)/t16-/m1/s1. The first-order chi connectivity index (χ1) is 11.3. The number of carbonyl (C=O) groups is 1. The summed E-state index contributed by atoms with van der Waals surface area (Å²) < 4.78 is -1.85. The molecular weight excluding hydrogens is 369 g/mol. The summed E-state index contributed by atoms with van der Waals surface area (Å²) in [4.78, 5) is 16.5. The maximum absolute atomic E-state index is 12.3. The molecule has 0 saturated carbocycles. The Morgan fingerprint density at radius 3 is 2.17 bits per heavy atom. The van der Waals surface area contributed by atoms with Gasteiger partial charge in [0.1, 0.15) is 5.84 Å². The van der Waals surface area contributed by atoms with Crippen molar-refractivity contribution in [1.29, 1.82) is 0 Å². The molecule has 1 amide bonds. The molecule has 0 aromatic heterocycles. The van der Waals surface area contributed by atoms with Crippen LogP contribution in [0.5, 0.6) is 0 Å². The third-order valence-electron chi connectivity index (χ3n) is 3.23. The topological polar surface area (TPSA) is 67.5 Å². The van der Waals surface area contributed by atoms with Crippen molar-refractivity contribution in [2.24, 2.45) is 10.7 Å². The van der Waals surface area contributed by atoms with Gasteiger partial charge >= 0.3 is 0 Å². The molecule has 3 N–H and O–H groups in total. The van der Waals surface area contributed by atoms with E-state index in [1.54, 1.807) is 24.3 Å². The van der Waals surface area contributed by atoms with Gasteiger partial charge in [-0.3, -0.25) is 4.79 Å². The molecule has 1 atom stereocenters. The number of aryl methyl sites for hydroxylation is 1. The zero-order valence-electron chi connectivity index (χ0n) is 12.8. The molecule has 0 radical (unpaired) electrons. The summed E-state index contributed by atoms with van der Waals surface area (Å²) in [6.45, 7) is 1.93. The molecule has 0 fully saturated rings. The number of nitrogens with two attached hydrogens (primary N) is 1. The van der Waals surface area contributed by atoms with Crippen molar-refractivity contribution < 1.29 is 4.79 Å². The Morgan fingerprint density at radius 2 is 1.62 bits per heavy atom. The van der Waals surface area contributed by atoms with Crippen molar-refractivity contribution >= 4 is 46.5 Å². The minimum atomic E-state index is -1.85. The third-order valence-corrected chi connectivity index (χ3v) is 3.85. The molecule has 2 aromatic rings. The smallest absolute Gasteiger partial charge is 0.253 e. The van der Waals surface area contributed by atoms with E-state index in [0.717, 1.165) is 5.56 Å². The SMILES string of the molecule is Cc1ccc(C(=O)N[C@@H](N=C(N)c2ccccc2)C(Cl)(Cl)Cl)cc1. The van der Waals surface area contributed by atoms with E-state index in [1.165, 1.54) is 0 Å². The fraction of sp³-hybridized carbons (Fsp3) is 0.176. The van der Waals surface area contributed by atoms with Crippen molar-refractivity contribution in [2.45, 2.75) is 16.9 Å². The number of benzene rings is 2. The largest absolute Gasteiger partial charge is 0.383 e.